The van der Waals surface area contributed by atoms with Crippen molar-refractivity contribution < 1.29 is 14.0 Å². The molecule has 7 heteroatoms. The Kier molecular flexibility index (Phi) is 6.30. The first-order valence-corrected chi connectivity index (χ1v) is 9.06. The maximum absolute atomic E-state index is 12.2. The SMILES string of the molecule is O=C(CCN1CCN(C(=O)c2ccco2)CC1)NCc1ccc(Cl)cc1. The Hall–Kier alpha value is -2.31. The summed E-state index contributed by atoms with van der Waals surface area (Å²) < 4.78 is 5.16. The third kappa shape index (κ3) is 5.09. The summed E-state index contributed by atoms with van der Waals surface area (Å²) in [6.07, 6.45) is 1.95. The molecule has 0 aliphatic carbocycles. The number of nitrogens with zero attached hydrogens (tertiary/aromatic N) is 2. The van der Waals surface area contributed by atoms with Crippen molar-refractivity contribution in [1.29, 1.82) is 0 Å². The second kappa shape index (κ2) is 8.87. The molecule has 0 saturated carbocycles. The summed E-state index contributed by atoms with van der Waals surface area (Å²) in [4.78, 5) is 28.2. The van der Waals surface area contributed by atoms with Crippen LogP contribution in [0.15, 0.2) is 47.1 Å². The molecule has 0 unspecified atom stereocenters. The number of halogens is 1. The van der Waals surface area contributed by atoms with Crippen LogP contribution in [0.5, 0.6) is 0 Å². The maximum atomic E-state index is 12.2. The van der Waals surface area contributed by atoms with Gasteiger partial charge in [-0.1, -0.05) is 23.7 Å². The first kappa shape index (κ1) is 18.5. The van der Waals surface area contributed by atoms with Crippen LogP contribution in [0, 0.1) is 0 Å². The van der Waals surface area contributed by atoms with E-state index in [0.717, 1.165) is 18.7 Å². The molecule has 1 aliphatic heterocycles. The van der Waals surface area contributed by atoms with Crippen molar-refractivity contribution >= 4 is 23.4 Å². The maximum Gasteiger partial charge on any atom is 0.289 e. The topological polar surface area (TPSA) is 65.8 Å². The van der Waals surface area contributed by atoms with E-state index in [1.54, 1.807) is 17.0 Å². The van der Waals surface area contributed by atoms with Crippen LogP contribution in [0.25, 0.3) is 0 Å². The van der Waals surface area contributed by atoms with Crippen LogP contribution in [0.3, 0.4) is 0 Å². The van der Waals surface area contributed by atoms with Crippen LogP contribution in [-0.4, -0.2) is 54.3 Å². The summed E-state index contributed by atoms with van der Waals surface area (Å²) in [7, 11) is 0. The van der Waals surface area contributed by atoms with E-state index in [1.165, 1.54) is 6.26 Å². The van der Waals surface area contributed by atoms with Gasteiger partial charge in [0.15, 0.2) is 5.76 Å². The number of hydrogen-bond donors (Lipinski definition) is 1. The van der Waals surface area contributed by atoms with Crippen LogP contribution >= 0.6 is 11.6 Å². The summed E-state index contributed by atoms with van der Waals surface area (Å²) >= 11 is 5.85. The van der Waals surface area contributed by atoms with Crippen molar-refractivity contribution in [3.05, 3.63) is 59.0 Å². The third-order valence-corrected chi connectivity index (χ3v) is 4.70. The van der Waals surface area contributed by atoms with E-state index in [2.05, 4.69) is 10.2 Å². The van der Waals surface area contributed by atoms with Crippen molar-refractivity contribution in [2.75, 3.05) is 32.7 Å². The molecule has 26 heavy (non-hydrogen) atoms. The molecule has 138 valence electrons. The third-order valence-electron chi connectivity index (χ3n) is 4.45. The predicted molar refractivity (Wildman–Crippen MR) is 99.0 cm³/mol. The zero-order valence-electron chi connectivity index (χ0n) is 14.5. The van der Waals surface area contributed by atoms with Gasteiger partial charge in [0.2, 0.25) is 5.91 Å². The van der Waals surface area contributed by atoms with Crippen molar-refractivity contribution in [3.8, 4) is 0 Å². The molecular formula is C19H22ClN3O3. The smallest absolute Gasteiger partial charge is 0.289 e. The number of nitrogens with one attached hydrogen (secondary N) is 1. The first-order chi connectivity index (χ1) is 12.6. The number of benzene rings is 1. The lowest BCUT2D eigenvalue weighted by molar-refractivity contribution is -0.121. The highest BCUT2D eigenvalue weighted by molar-refractivity contribution is 6.30. The molecular weight excluding hydrogens is 354 g/mol. The Morgan fingerprint density at radius 2 is 1.81 bits per heavy atom. The molecule has 2 aromatic rings. The Morgan fingerprint density at radius 1 is 1.08 bits per heavy atom. The van der Waals surface area contributed by atoms with Gasteiger partial charge < -0.3 is 14.6 Å². The van der Waals surface area contributed by atoms with Gasteiger partial charge in [-0.05, 0) is 29.8 Å². The van der Waals surface area contributed by atoms with Crippen LogP contribution in [0.2, 0.25) is 5.02 Å². The first-order valence-electron chi connectivity index (χ1n) is 8.68. The lowest BCUT2D eigenvalue weighted by Gasteiger charge is -2.34. The molecule has 0 bridgehead atoms. The minimum atomic E-state index is -0.0737. The average Bonchev–Trinajstić information content (AvgIpc) is 3.20. The second-order valence-corrected chi connectivity index (χ2v) is 6.70. The molecule has 1 N–H and O–H groups in total. The fraction of sp³-hybridized carbons (Fsp3) is 0.368. The minimum absolute atomic E-state index is 0.0223. The number of amides is 2. The second-order valence-electron chi connectivity index (χ2n) is 6.26. The summed E-state index contributed by atoms with van der Waals surface area (Å²) in [6.45, 7) is 4.00. The Balaban J connectivity index is 1.35. The van der Waals surface area contributed by atoms with Gasteiger partial charge in [0.1, 0.15) is 0 Å². The van der Waals surface area contributed by atoms with Crippen molar-refractivity contribution in [3.63, 3.8) is 0 Å². The fourth-order valence-corrected chi connectivity index (χ4v) is 3.01. The van der Waals surface area contributed by atoms with Crippen LogP contribution in [0.1, 0.15) is 22.5 Å². The number of rotatable bonds is 6. The zero-order valence-corrected chi connectivity index (χ0v) is 15.2. The molecule has 0 radical (unpaired) electrons. The number of carbonyl (C=O) groups excluding carboxylic acids is 2. The van der Waals surface area contributed by atoms with Crippen LogP contribution in [0.4, 0.5) is 0 Å². The normalized spacial score (nSPS) is 15.0. The van der Waals surface area contributed by atoms with Gasteiger partial charge in [-0.3, -0.25) is 14.5 Å². The molecule has 2 heterocycles. The van der Waals surface area contributed by atoms with E-state index in [-0.39, 0.29) is 11.8 Å². The molecule has 1 aromatic heterocycles. The van der Waals surface area contributed by atoms with E-state index < -0.39 is 0 Å². The standard InChI is InChI=1S/C19H22ClN3O3/c20-16-5-3-15(4-6-16)14-21-18(24)7-8-22-9-11-23(12-10-22)19(25)17-2-1-13-26-17/h1-6,13H,7-12,14H2,(H,21,24). The zero-order chi connectivity index (χ0) is 18.4. The van der Waals surface area contributed by atoms with Gasteiger partial charge in [-0.2, -0.15) is 0 Å². The van der Waals surface area contributed by atoms with Gasteiger partial charge in [-0.25, -0.2) is 0 Å². The summed E-state index contributed by atoms with van der Waals surface area (Å²) in [5, 5.41) is 3.60. The average molecular weight is 376 g/mol. The molecule has 1 aliphatic rings. The Labute approximate surface area is 157 Å². The molecule has 0 atom stereocenters. The van der Waals surface area contributed by atoms with Gasteiger partial charge in [-0.15, -0.1) is 0 Å². The van der Waals surface area contributed by atoms with Crippen LogP contribution < -0.4 is 5.32 Å². The van der Waals surface area contributed by atoms with Crippen molar-refractivity contribution in [1.82, 2.24) is 15.1 Å². The summed E-state index contributed by atoms with van der Waals surface area (Å²) in [5.74, 6) is 0.324. The van der Waals surface area contributed by atoms with Gasteiger partial charge in [0.25, 0.3) is 5.91 Å². The van der Waals surface area contributed by atoms with E-state index >= 15 is 0 Å². The molecule has 1 saturated heterocycles. The predicted octanol–water partition coefficient (Wildman–Crippen LogP) is 2.40. The van der Waals surface area contributed by atoms with Crippen LogP contribution in [-0.2, 0) is 11.3 Å². The number of carbonyl (C=O) groups is 2. The number of furan rings is 1. The molecule has 3 rings (SSSR count). The Bertz CT molecular complexity index is 723. The van der Waals surface area contributed by atoms with E-state index in [9.17, 15) is 9.59 Å². The largest absolute Gasteiger partial charge is 0.459 e. The molecule has 1 fully saturated rings. The lowest BCUT2D eigenvalue weighted by atomic mass is 10.2. The van der Waals surface area contributed by atoms with E-state index in [0.29, 0.717) is 43.4 Å². The molecule has 0 spiro atoms. The monoisotopic (exact) mass is 375 g/mol. The van der Waals surface area contributed by atoms with Gasteiger partial charge in [0, 0.05) is 50.7 Å². The van der Waals surface area contributed by atoms with E-state index in [4.69, 9.17) is 16.0 Å². The van der Waals surface area contributed by atoms with Gasteiger partial charge >= 0.3 is 0 Å². The van der Waals surface area contributed by atoms with Crippen molar-refractivity contribution in [2.45, 2.75) is 13.0 Å². The summed E-state index contributed by atoms with van der Waals surface area (Å²) in [5.41, 5.74) is 1.02. The highest BCUT2D eigenvalue weighted by atomic mass is 35.5. The number of piperazine rings is 1. The summed E-state index contributed by atoms with van der Waals surface area (Å²) in [6, 6.07) is 10.8. The number of hydrogen-bond acceptors (Lipinski definition) is 4. The highest BCUT2D eigenvalue weighted by Crippen LogP contribution is 2.10. The van der Waals surface area contributed by atoms with E-state index in [1.807, 2.05) is 24.3 Å². The molecule has 2 amide bonds. The lowest BCUT2D eigenvalue weighted by Crippen LogP contribution is -2.49. The Morgan fingerprint density at radius 3 is 2.46 bits per heavy atom. The van der Waals surface area contributed by atoms with Crippen molar-refractivity contribution in [2.24, 2.45) is 0 Å². The highest BCUT2D eigenvalue weighted by Gasteiger charge is 2.23. The molecule has 6 nitrogen and oxygen atoms in total. The molecule has 1 aromatic carbocycles. The fourth-order valence-electron chi connectivity index (χ4n) is 2.88. The van der Waals surface area contributed by atoms with Gasteiger partial charge in [0.05, 0.1) is 6.26 Å². The minimum Gasteiger partial charge on any atom is -0.459 e. The quantitative estimate of drug-likeness (QED) is 0.842.